The van der Waals surface area contributed by atoms with Gasteiger partial charge in [-0.05, 0) is 24.3 Å². The Kier molecular flexibility index (Phi) is 6.98. The number of hydrogen-bond donors (Lipinski definition) is 1. The molecule has 0 atom stereocenters. The predicted molar refractivity (Wildman–Crippen MR) is 127 cm³/mol. The third kappa shape index (κ3) is 5.23. The Hall–Kier alpha value is -3.02. The summed E-state index contributed by atoms with van der Waals surface area (Å²) in [6.07, 6.45) is 0. The van der Waals surface area contributed by atoms with Gasteiger partial charge < -0.3 is 10.1 Å². The van der Waals surface area contributed by atoms with Gasteiger partial charge >= 0.3 is 0 Å². The quantitative estimate of drug-likeness (QED) is 0.312. The van der Waals surface area contributed by atoms with Crippen LogP contribution in [-0.4, -0.2) is 28.2 Å². The van der Waals surface area contributed by atoms with E-state index in [1.165, 1.54) is 52.3 Å². The summed E-state index contributed by atoms with van der Waals surface area (Å²) in [7, 11) is 1.62. The first-order chi connectivity index (χ1) is 15.5. The first-order valence-corrected chi connectivity index (χ1v) is 12.1. The molecule has 2 aromatic heterocycles. The van der Waals surface area contributed by atoms with Gasteiger partial charge in [-0.25, -0.2) is 9.37 Å². The van der Waals surface area contributed by atoms with Crippen molar-refractivity contribution in [1.29, 1.82) is 0 Å². The standard InChI is InChI=1S/C21H18FN5O2S3/c1-13(28)27(18-9-4-3-8-17(18)22)20-24-15(11-30-20)12-31-21-26-25-19(32-21)23-14-6-5-7-16(10-14)29-2/h3-11H,12H2,1-2H3,(H,23,25). The molecule has 32 heavy (non-hydrogen) atoms. The Labute approximate surface area is 196 Å². The SMILES string of the molecule is COc1cccc(Nc2nnc(SCc3csc(N(C(C)=O)c4ccccc4F)n3)s2)c1. The van der Waals surface area contributed by atoms with E-state index in [2.05, 4.69) is 20.5 Å². The summed E-state index contributed by atoms with van der Waals surface area (Å²) >= 11 is 4.21. The number of carbonyl (C=O) groups excluding carboxylic acids is 1. The van der Waals surface area contributed by atoms with E-state index in [0.29, 0.717) is 16.0 Å². The molecule has 2 heterocycles. The van der Waals surface area contributed by atoms with Gasteiger partial charge in [0.15, 0.2) is 9.47 Å². The monoisotopic (exact) mass is 487 g/mol. The molecule has 7 nitrogen and oxygen atoms in total. The minimum Gasteiger partial charge on any atom is -0.497 e. The summed E-state index contributed by atoms with van der Waals surface area (Å²) in [5, 5.41) is 14.5. The van der Waals surface area contributed by atoms with Gasteiger partial charge in [0.1, 0.15) is 11.6 Å². The Morgan fingerprint density at radius 3 is 2.84 bits per heavy atom. The molecule has 164 valence electrons. The van der Waals surface area contributed by atoms with Crippen LogP contribution in [0.25, 0.3) is 0 Å². The van der Waals surface area contributed by atoms with Crippen LogP contribution in [0.2, 0.25) is 0 Å². The van der Waals surface area contributed by atoms with Gasteiger partial charge in [0.25, 0.3) is 0 Å². The molecule has 0 saturated carbocycles. The van der Waals surface area contributed by atoms with E-state index in [1.807, 2.05) is 29.6 Å². The maximum Gasteiger partial charge on any atom is 0.230 e. The summed E-state index contributed by atoms with van der Waals surface area (Å²) in [6.45, 7) is 1.39. The number of methoxy groups -OCH3 is 1. The van der Waals surface area contributed by atoms with Crippen LogP contribution < -0.4 is 15.0 Å². The van der Waals surface area contributed by atoms with Crippen LogP contribution in [0, 0.1) is 5.82 Å². The second-order valence-corrected chi connectivity index (χ2v) is 9.48. The molecule has 0 radical (unpaired) electrons. The minimum absolute atomic E-state index is 0.186. The number of ether oxygens (including phenoxy) is 1. The van der Waals surface area contributed by atoms with Crippen LogP contribution in [0.1, 0.15) is 12.6 Å². The van der Waals surface area contributed by atoms with Crippen LogP contribution in [0.3, 0.4) is 0 Å². The Morgan fingerprint density at radius 2 is 2.06 bits per heavy atom. The fraction of sp³-hybridized carbons (Fsp3) is 0.143. The zero-order valence-electron chi connectivity index (χ0n) is 17.1. The number of para-hydroxylation sites is 1. The summed E-state index contributed by atoms with van der Waals surface area (Å²) in [6, 6.07) is 13.7. The maximum atomic E-state index is 14.2. The lowest BCUT2D eigenvalue weighted by molar-refractivity contribution is -0.115. The molecule has 0 aliphatic heterocycles. The average molecular weight is 488 g/mol. The summed E-state index contributed by atoms with van der Waals surface area (Å²) in [4.78, 5) is 18.0. The van der Waals surface area contributed by atoms with Crippen molar-refractivity contribution >= 4 is 62.0 Å². The van der Waals surface area contributed by atoms with Crippen LogP contribution in [0.15, 0.2) is 58.3 Å². The van der Waals surface area contributed by atoms with E-state index >= 15 is 0 Å². The number of carbonyl (C=O) groups is 1. The Morgan fingerprint density at radius 1 is 1.22 bits per heavy atom. The van der Waals surface area contributed by atoms with Gasteiger partial charge in [0, 0.05) is 29.8 Å². The molecule has 0 saturated heterocycles. The molecular formula is C21H18FN5O2S3. The number of rotatable bonds is 8. The van der Waals surface area contributed by atoms with Gasteiger partial charge in [0.2, 0.25) is 11.0 Å². The first-order valence-electron chi connectivity index (χ1n) is 9.40. The topological polar surface area (TPSA) is 80.2 Å². The number of hydrogen-bond acceptors (Lipinski definition) is 9. The van der Waals surface area contributed by atoms with Gasteiger partial charge in [-0.3, -0.25) is 9.69 Å². The molecule has 0 aliphatic carbocycles. The fourth-order valence-electron chi connectivity index (χ4n) is 2.78. The molecule has 1 amide bonds. The second-order valence-electron chi connectivity index (χ2n) is 6.45. The Balaban J connectivity index is 1.41. The zero-order chi connectivity index (χ0) is 22.5. The molecule has 0 aliphatic rings. The van der Waals surface area contributed by atoms with Gasteiger partial charge in [-0.1, -0.05) is 41.3 Å². The van der Waals surface area contributed by atoms with Crippen molar-refractivity contribution in [2.24, 2.45) is 0 Å². The smallest absolute Gasteiger partial charge is 0.230 e. The normalized spacial score (nSPS) is 10.7. The van der Waals surface area contributed by atoms with Crippen molar-refractivity contribution < 1.29 is 13.9 Å². The van der Waals surface area contributed by atoms with Crippen LogP contribution in [-0.2, 0) is 10.5 Å². The van der Waals surface area contributed by atoms with Crippen molar-refractivity contribution in [3.63, 3.8) is 0 Å². The molecular weight excluding hydrogens is 469 g/mol. The number of aromatic nitrogens is 3. The van der Waals surface area contributed by atoms with E-state index in [0.717, 1.165) is 21.5 Å². The highest BCUT2D eigenvalue weighted by Gasteiger charge is 2.21. The molecule has 0 unspecified atom stereocenters. The lowest BCUT2D eigenvalue weighted by Gasteiger charge is -2.18. The van der Waals surface area contributed by atoms with Gasteiger partial charge in [-0.15, -0.1) is 21.5 Å². The van der Waals surface area contributed by atoms with Gasteiger partial charge in [-0.2, -0.15) is 0 Å². The number of thioether (sulfide) groups is 1. The summed E-state index contributed by atoms with van der Waals surface area (Å²) in [5.41, 5.74) is 1.82. The van der Waals surface area contributed by atoms with E-state index < -0.39 is 5.82 Å². The van der Waals surface area contributed by atoms with Crippen LogP contribution in [0.4, 0.5) is 26.0 Å². The number of benzene rings is 2. The maximum absolute atomic E-state index is 14.2. The highest BCUT2D eigenvalue weighted by molar-refractivity contribution is 8.00. The third-order valence-electron chi connectivity index (χ3n) is 4.21. The highest BCUT2D eigenvalue weighted by atomic mass is 32.2. The molecule has 1 N–H and O–H groups in total. The molecule has 0 fully saturated rings. The number of anilines is 4. The lowest BCUT2D eigenvalue weighted by Crippen LogP contribution is -2.23. The highest BCUT2D eigenvalue weighted by Crippen LogP contribution is 2.34. The van der Waals surface area contributed by atoms with E-state index in [1.54, 1.807) is 25.3 Å². The van der Waals surface area contributed by atoms with E-state index in [4.69, 9.17) is 4.74 Å². The van der Waals surface area contributed by atoms with Crippen molar-refractivity contribution in [1.82, 2.24) is 15.2 Å². The van der Waals surface area contributed by atoms with Crippen molar-refractivity contribution in [3.05, 3.63) is 65.4 Å². The number of thiazole rings is 1. The zero-order valence-corrected chi connectivity index (χ0v) is 19.6. The fourth-order valence-corrected chi connectivity index (χ4v) is 5.43. The predicted octanol–water partition coefficient (Wildman–Crippen LogP) is 5.86. The average Bonchev–Trinajstić information content (AvgIpc) is 3.43. The molecule has 11 heteroatoms. The summed E-state index contributed by atoms with van der Waals surface area (Å²) in [5.74, 6) is 0.524. The molecule has 4 rings (SSSR count). The van der Waals surface area contributed by atoms with Crippen molar-refractivity contribution in [2.45, 2.75) is 17.0 Å². The van der Waals surface area contributed by atoms with Crippen molar-refractivity contribution in [2.75, 3.05) is 17.3 Å². The van der Waals surface area contributed by atoms with Crippen LogP contribution >= 0.6 is 34.4 Å². The number of nitrogens with zero attached hydrogens (tertiary/aromatic N) is 4. The Bertz CT molecular complexity index is 1230. The minimum atomic E-state index is -0.473. The molecule has 0 bridgehead atoms. The van der Waals surface area contributed by atoms with Crippen molar-refractivity contribution in [3.8, 4) is 5.75 Å². The second kappa shape index (κ2) is 10.1. The number of amides is 1. The third-order valence-corrected chi connectivity index (χ3v) is 7.09. The van der Waals surface area contributed by atoms with Crippen LogP contribution in [0.5, 0.6) is 5.75 Å². The summed E-state index contributed by atoms with van der Waals surface area (Å²) < 4.78 is 20.2. The molecule has 0 spiro atoms. The molecule has 2 aromatic carbocycles. The number of halogens is 1. The van der Waals surface area contributed by atoms with Gasteiger partial charge in [0.05, 0.1) is 18.5 Å². The lowest BCUT2D eigenvalue weighted by atomic mass is 10.3. The van der Waals surface area contributed by atoms with E-state index in [-0.39, 0.29) is 11.6 Å². The first kappa shape index (κ1) is 22.2. The largest absolute Gasteiger partial charge is 0.497 e. The van der Waals surface area contributed by atoms with E-state index in [9.17, 15) is 9.18 Å². The number of nitrogens with one attached hydrogen (secondary N) is 1. The molecule has 4 aromatic rings.